The summed E-state index contributed by atoms with van der Waals surface area (Å²) in [6, 6.07) is 19.7. The van der Waals surface area contributed by atoms with Gasteiger partial charge in [-0.3, -0.25) is 4.79 Å². The first kappa shape index (κ1) is 17.0. The van der Waals surface area contributed by atoms with Crippen LogP contribution in [0.2, 0.25) is 0 Å². The molecular formula is C20H24N2O. The van der Waals surface area contributed by atoms with Crippen molar-refractivity contribution in [3.8, 4) is 0 Å². The molecule has 0 fully saturated rings. The smallest absolute Gasteiger partial charge is 0.251 e. The van der Waals surface area contributed by atoms with Crippen LogP contribution < -0.4 is 5.32 Å². The number of rotatable bonds is 7. The highest BCUT2D eigenvalue weighted by molar-refractivity contribution is 6.24. The maximum atomic E-state index is 12.6. The zero-order valence-electron chi connectivity index (χ0n) is 13.8. The van der Waals surface area contributed by atoms with Gasteiger partial charge in [0.15, 0.2) is 0 Å². The molecule has 0 aromatic heterocycles. The Balaban J connectivity index is 2.14. The van der Waals surface area contributed by atoms with E-state index in [2.05, 4.69) is 10.2 Å². The molecule has 0 radical (unpaired) electrons. The van der Waals surface area contributed by atoms with E-state index in [1.165, 1.54) is 0 Å². The maximum absolute atomic E-state index is 12.6. The van der Waals surface area contributed by atoms with Crippen molar-refractivity contribution in [1.29, 1.82) is 0 Å². The fraction of sp³-hybridized carbons (Fsp3) is 0.250. The quantitative estimate of drug-likeness (QED) is 0.483. The molecule has 3 heteroatoms. The number of hydrogen-bond donors (Lipinski definition) is 1. The third kappa shape index (κ3) is 5.72. The Hall–Kier alpha value is -2.39. The molecule has 2 aromatic carbocycles. The second kappa shape index (κ2) is 8.91. The summed E-state index contributed by atoms with van der Waals surface area (Å²) in [6.45, 7) is 1.64. The fourth-order valence-electron chi connectivity index (χ4n) is 2.31. The Morgan fingerprint density at radius 1 is 1.00 bits per heavy atom. The zero-order valence-corrected chi connectivity index (χ0v) is 13.8. The molecule has 0 saturated carbocycles. The first-order valence-corrected chi connectivity index (χ1v) is 7.92. The SMILES string of the molecule is CN(C)CCCNC(=O)C(=Cc1ccccc1)c1ccccc1. The highest BCUT2D eigenvalue weighted by Crippen LogP contribution is 2.18. The lowest BCUT2D eigenvalue weighted by Crippen LogP contribution is -2.27. The van der Waals surface area contributed by atoms with Gasteiger partial charge in [0.2, 0.25) is 0 Å². The minimum atomic E-state index is -0.0289. The third-order valence-electron chi connectivity index (χ3n) is 3.51. The molecule has 0 aliphatic rings. The van der Waals surface area contributed by atoms with Gasteiger partial charge in [-0.05, 0) is 44.3 Å². The average molecular weight is 308 g/mol. The normalized spacial score (nSPS) is 11.5. The highest BCUT2D eigenvalue weighted by Gasteiger charge is 2.11. The Morgan fingerprint density at radius 2 is 1.61 bits per heavy atom. The van der Waals surface area contributed by atoms with Gasteiger partial charge in [-0.25, -0.2) is 0 Å². The van der Waals surface area contributed by atoms with Gasteiger partial charge in [0, 0.05) is 12.1 Å². The molecule has 1 N–H and O–H groups in total. The molecule has 3 nitrogen and oxygen atoms in total. The number of amides is 1. The molecule has 120 valence electrons. The minimum absolute atomic E-state index is 0.0289. The van der Waals surface area contributed by atoms with Crippen LogP contribution in [0.1, 0.15) is 17.5 Å². The van der Waals surface area contributed by atoms with Gasteiger partial charge in [-0.15, -0.1) is 0 Å². The number of nitrogens with zero attached hydrogens (tertiary/aromatic N) is 1. The summed E-state index contributed by atoms with van der Waals surface area (Å²) in [6.07, 6.45) is 2.88. The van der Waals surface area contributed by atoms with E-state index in [-0.39, 0.29) is 5.91 Å². The molecule has 0 saturated heterocycles. The average Bonchev–Trinajstić information content (AvgIpc) is 2.58. The number of benzene rings is 2. The van der Waals surface area contributed by atoms with E-state index < -0.39 is 0 Å². The third-order valence-corrected chi connectivity index (χ3v) is 3.51. The lowest BCUT2D eigenvalue weighted by atomic mass is 10.0. The fourth-order valence-corrected chi connectivity index (χ4v) is 2.31. The van der Waals surface area contributed by atoms with Gasteiger partial charge < -0.3 is 10.2 Å². The molecule has 23 heavy (non-hydrogen) atoms. The molecule has 0 atom stereocenters. The van der Waals surface area contributed by atoms with Gasteiger partial charge in [0.05, 0.1) is 0 Å². The number of hydrogen-bond acceptors (Lipinski definition) is 2. The van der Waals surface area contributed by atoms with Crippen LogP contribution in [0, 0.1) is 0 Å². The van der Waals surface area contributed by atoms with Gasteiger partial charge in [-0.1, -0.05) is 60.7 Å². The summed E-state index contributed by atoms with van der Waals surface area (Å²) in [5, 5.41) is 3.02. The number of carbonyl (C=O) groups is 1. The Kier molecular flexibility index (Phi) is 6.57. The maximum Gasteiger partial charge on any atom is 0.251 e. The van der Waals surface area contributed by atoms with Crippen LogP contribution in [0.15, 0.2) is 60.7 Å². The van der Waals surface area contributed by atoms with Crippen molar-refractivity contribution in [1.82, 2.24) is 10.2 Å². The number of nitrogens with one attached hydrogen (secondary N) is 1. The molecule has 0 bridgehead atoms. The van der Waals surface area contributed by atoms with Gasteiger partial charge >= 0.3 is 0 Å². The van der Waals surface area contributed by atoms with Crippen molar-refractivity contribution in [3.05, 3.63) is 71.8 Å². The first-order valence-electron chi connectivity index (χ1n) is 7.92. The van der Waals surface area contributed by atoms with Crippen molar-refractivity contribution in [2.45, 2.75) is 6.42 Å². The monoisotopic (exact) mass is 308 g/mol. The van der Waals surface area contributed by atoms with Crippen molar-refractivity contribution in [2.24, 2.45) is 0 Å². The van der Waals surface area contributed by atoms with Gasteiger partial charge in [-0.2, -0.15) is 0 Å². The highest BCUT2D eigenvalue weighted by atomic mass is 16.1. The minimum Gasteiger partial charge on any atom is -0.352 e. The van der Waals surface area contributed by atoms with Crippen LogP contribution in [0.5, 0.6) is 0 Å². The summed E-state index contributed by atoms with van der Waals surface area (Å²) in [4.78, 5) is 14.7. The Bertz CT molecular complexity index is 633. The van der Waals surface area contributed by atoms with Crippen molar-refractivity contribution in [2.75, 3.05) is 27.2 Å². The molecule has 2 aromatic rings. The zero-order chi connectivity index (χ0) is 16.5. The van der Waals surface area contributed by atoms with E-state index >= 15 is 0 Å². The standard InChI is InChI=1S/C20H24N2O/c1-22(2)15-9-14-21-20(23)19(18-12-7-4-8-13-18)16-17-10-5-3-6-11-17/h3-8,10-13,16H,9,14-15H2,1-2H3,(H,21,23). The van der Waals surface area contributed by atoms with Crippen molar-refractivity contribution >= 4 is 17.6 Å². The molecular weight excluding hydrogens is 284 g/mol. The largest absolute Gasteiger partial charge is 0.352 e. The van der Waals surface area contributed by atoms with Crippen LogP contribution >= 0.6 is 0 Å². The predicted molar refractivity (Wildman–Crippen MR) is 96.9 cm³/mol. The molecule has 1 amide bonds. The topological polar surface area (TPSA) is 32.3 Å². The van der Waals surface area contributed by atoms with E-state index in [0.717, 1.165) is 24.1 Å². The first-order chi connectivity index (χ1) is 11.2. The van der Waals surface area contributed by atoms with Crippen LogP contribution in [0.3, 0.4) is 0 Å². The second-order valence-corrected chi connectivity index (χ2v) is 5.75. The summed E-state index contributed by atoms with van der Waals surface area (Å²) in [5.41, 5.74) is 2.65. The molecule has 0 spiro atoms. The summed E-state index contributed by atoms with van der Waals surface area (Å²) >= 11 is 0. The van der Waals surface area contributed by atoms with Crippen LogP contribution in [0.25, 0.3) is 11.6 Å². The summed E-state index contributed by atoms with van der Waals surface area (Å²) in [5.74, 6) is -0.0289. The van der Waals surface area contributed by atoms with E-state index in [1.807, 2.05) is 80.8 Å². The Morgan fingerprint density at radius 3 is 2.22 bits per heavy atom. The molecule has 0 aliphatic heterocycles. The molecule has 0 heterocycles. The van der Waals surface area contributed by atoms with E-state index in [1.54, 1.807) is 0 Å². The molecule has 0 unspecified atom stereocenters. The number of carbonyl (C=O) groups excluding carboxylic acids is 1. The van der Waals surface area contributed by atoms with Gasteiger partial charge in [0.1, 0.15) is 0 Å². The second-order valence-electron chi connectivity index (χ2n) is 5.75. The summed E-state index contributed by atoms with van der Waals surface area (Å²) < 4.78 is 0. The van der Waals surface area contributed by atoms with Crippen LogP contribution in [0.4, 0.5) is 0 Å². The lowest BCUT2D eigenvalue weighted by molar-refractivity contribution is -0.115. The van der Waals surface area contributed by atoms with E-state index in [0.29, 0.717) is 12.1 Å². The molecule has 2 rings (SSSR count). The van der Waals surface area contributed by atoms with Crippen molar-refractivity contribution in [3.63, 3.8) is 0 Å². The predicted octanol–water partition coefficient (Wildman–Crippen LogP) is 3.30. The van der Waals surface area contributed by atoms with E-state index in [4.69, 9.17) is 0 Å². The van der Waals surface area contributed by atoms with E-state index in [9.17, 15) is 4.79 Å². The van der Waals surface area contributed by atoms with Crippen LogP contribution in [-0.2, 0) is 4.79 Å². The molecule has 0 aliphatic carbocycles. The van der Waals surface area contributed by atoms with Crippen LogP contribution in [-0.4, -0.2) is 38.0 Å². The van der Waals surface area contributed by atoms with Crippen molar-refractivity contribution < 1.29 is 4.79 Å². The lowest BCUT2D eigenvalue weighted by Gasteiger charge is -2.12. The van der Waals surface area contributed by atoms with Gasteiger partial charge in [0.25, 0.3) is 5.91 Å². The Labute approximate surface area is 138 Å². The summed E-state index contributed by atoms with van der Waals surface area (Å²) in [7, 11) is 4.07.